The average Bonchev–Trinajstić information content (AvgIpc) is 2.95. The summed E-state index contributed by atoms with van der Waals surface area (Å²) in [5, 5.41) is 3.39. The first-order valence-electron chi connectivity index (χ1n) is 5.21. The summed E-state index contributed by atoms with van der Waals surface area (Å²) in [6.45, 7) is 3.77. The smallest absolute Gasteiger partial charge is 0.126 e. The van der Waals surface area contributed by atoms with E-state index in [4.69, 9.17) is 0 Å². The van der Waals surface area contributed by atoms with Crippen LogP contribution >= 0.6 is 0 Å². The molecular formula is C12H16FN. The topological polar surface area (TPSA) is 12.0 Å². The number of aryl methyl sites for hydroxylation is 1. The molecule has 76 valence electrons. The van der Waals surface area contributed by atoms with Crippen molar-refractivity contribution in [2.45, 2.75) is 26.3 Å². The highest BCUT2D eigenvalue weighted by atomic mass is 19.1. The van der Waals surface area contributed by atoms with Gasteiger partial charge >= 0.3 is 0 Å². The summed E-state index contributed by atoms with van der Waals surface area (Å²) in [5.74, 6) is 0.785. The van der Waals surface area contributed by atoms with Gasteiger partial charge in [0, 0.05) is 6.54 Å². The van der Waals surface area contributed by atoms with Crippen molar-refractivity contribution in [3.05, 3.63) is 35.1 Å². The molecule has 1 aromatic rings. The van der Waals surface area contributed by atoms with Crippen LogP contribution in [0.4, 0.5) is 4.39 Å². The summed E-state index contributed by atoms with van der Waals surface area (Å²) >= 11 is 0. The second-order valence-electron chi connectivity index (χ2n) is 4.16. The second kappa shape index (κ2) is 4.09. The molecule has 14 heavy (non-hydrogen) atoms. The maximum atomic E-state index is 12.9. The van der Waals surface area contributed by atoms with Gasteiger partial charge in [0.15, 0.2) is 0 Å². The first kappa shape index (κ1) is 9.66. The molecule has 0 spiro atoms. The van der Waals surface area contributed by atoms with Gasteiger partial charge in [-0.2, -0.15) is 0 Å². The number of hydrogen-bond donors (Lipinski definition) is 1. The fourth-order valence-electron chi connectivity index (χ4n) is 1.56. The van der Waals surface area contributed by atoms with Gasteiger partial charge in [-0.1, -0.05) is 12.1 Å². The zero-order valence-electron chi connectivity index (χ0n) is 8.52. The molecule has 1 fully saturated rings. The summed E-state index contributed by atoms with van der Waals surface area (Å²) in [5.41, 5.74) is 1.90. The van der Waals surface area contributed by atoms with E-state index in [0.29, 0.717) is 0 Å². The standard InChI is InChI=1S/C12H16FN/c1-9-6-11(4-5-12(9)13)8-14-7-10-2-3-10/h4-6,10,14H,2-3,7-8H2,1H3. The van der Waals surface area contributed by atoms with E-state index in [1.807, 2.05) is 12.1 Å². The zero-order valence-corrected chi connectivity index (χ0v) is 8.52. The van der Waals surface area contributed by atoms with Crippen LogP contribution in [-0.2, 0) is 6.54 Å². The zero-order chi connectivity index (χ0) is 9.97. The van der Waals surface area contributed by atoms with Crippen LogP contribution in [0, 0.1) is 18.7 Å². The Hall–Kier alpha value is -0.890. The average molecular weight is 193 g/mol. The lowest BCUT2D eigenvalue weighted by Gasteiger charge is -2.05. The van der Waals surface area contributed by atoms with Crippen LogP contribution in [0.2, 0.25) is 0 Å². The molecular weight excluding hydrogens is 177 g/mol. The third kappa shape index (κ3) is 2.55. The lowest BCUT2D eigenvalue weighted by Crippen LogP contribution is -2.16. The highest BCUT2D eigenvalue weighted by molar-refractivity contribution is 5.23. The molecule has 0 aliphatic heterocycles. The summed E-state index contributed by atoms with van der Waals surface area (Å²) in [7, 11) is 0. The van der Waals surface area contributed by atoms with Crippen molar-refractivity contribution in [2.75, 3.05) is 6.54 Å². The lowest BCUT2D eigenvalue weighted by molar-refractivity contribution is 0.612. The molecule has 2 heteroatoms. The fraction of sp³-hybridized carbons (Fsp3) is 0.500. The molecule has 1 N–H and O–H groups in total. The van der Waals surface area contributed by atoms with Crippen molar-refractivity contribution in [3.63, 3.8) is 0 Å². The Balaban J connectivity index is 1.85. The number of benzene rings is 1. The van der Waals surface area contributed by atoms with Gasteiger partial charge in [-0.05, 0) is 49.4 Å². The molecule has 1 aliphatic carbocycles. The normalized spacial score (nSPS) is 15.9. The Labute approximate surface area is 84.3 Å². The Morgan fingerprint density at radius 1 is 1.43 bits per heavy atom. The van der Waals surface area contributed by atoms with Crippen LogP contribution in [-0.4, -0.2) is 6.54 Å². The van der Waals surface area contributed by atoms with Gasteiger partial charge in [0.1, 0.15) is 5.82 Å². The van der Waals surface area contributed by atoms with Crippen molar-refractivity contribution in [3.8, 4) is 0 Å². The summed E-state index contributed by atoms with van der Waals surface area (Å²) in [6.07, 6.45) is 2.74. The number of hydrogen-bond acceptors (Lipinski definition) is 1. The first-order chi connectivity index (χ1) is 6.75. The number of rotatable bonds is 4. The van der Waals surface area contributed by atoms with Gasteiger partial charge < -0.3 is 5.32 Å². The Morgan fingerprint density at radius 2 is 2.21 bits per heavy atom. The monoisotopic (exact) mass is 193 g/mol. The molecule has 2 rings (SSSR count). The molecule has 0 heterocycles. The van der Waals surface area contributed by atoms with E-state index >= 15 is 0 Å². The van der Waals surface area contributed by atoms with Crippen LogP contribution in [0.5, 0.6) is 0 Å². The van der Waals surface area contributed by atoms with Gasteiger partial charge in [-0.15, -0.1) is 0 Å². The van der Waals surface area contributed by atoms with E-state index < -0.39 is 0 Å². The van der Waals surface area contributed by atoms with Gasteiger partial charge in [-0.25, -0.2) is 4.39 Å². The Kier molecular flexibility index (Phi) is 2.82. The third-order valence-electron chi connectivity index (χ3n) is 2.68. The van der Waals surface area contributed by atoms with Crippen molar-refractivity contribution >= 4 is 0 Å². The summed E-state index contributed by atoms with van der Waals surface area (Å²) < 4.78 is 12.9. The molecule has 0 aromatic heterocycles. The molecule has 0 radical (unpaired) electrons. The predicted octanol–water partition coefficient (Wildman–Crippen LogP) is 2.63. The van der Waals surface area contributed by atoms with Crippen LogP contribution in [0.25, 0.3) is 0 Å². The Bertz CT molecular complexity index is 318. The minimum absolute atomic E-state index is 0.115. The van der Waals surface area contributed by atoms with E-state index in [2.05, 4.69) is 5.32 Å². The minimum Gasteiger partial charge on any atom is -0.312 e. The van der Waals surface area contributed by atoms with Gasteiger partial charge in [0.05, 0.1) is 0 Å². The first-order valence-corrected chi connectivity index (χ1v) is 5.21. The van der Waals surface area contributed by atoms with E-state index in [0.717, 1.165) is 24.6 Å². The molecule has 0 unspecified atom stereocenters. The molecule has 1 saturated carbocycles. The number of nitrogens with one attached hydrogen (secondary N) is 1. The van der Waals surface area contributed by atoms with Crippen molar-refractivity contribution < 1.29 is 4.39 Å². The molecule has 0 atom stereocenters. The van der Waals surface area contributed by atoms with Crippen LogP contribution in [0.15, 0.2) is 18.2 Å². The molecule has 1 nitrogen and oxygen atoms in total. The van der Waals surface area contributed by atoms with E-state index in [9.17, 15) is 4.39 Å². The molecule has 0 saturated heterocycles. The summed E-state index contributed by atoms with van der Waals surface area (Å²) in [4.78, 5) is 0. The van der Waals surface area contributed by atoms with Gasteiger partial charge in [0.2, 0.25) is 0 Å². The van der Waals surface area contributed by atoms with Crippen molar-refractivity contribution in [1.82, 2.24) is 5.32 Å². The largest absolute Gasteiger partial charge is 0.312 e. The highest BCUT2D eigenvalue weighted by Gasteiger charge is 2.19. The van der Waals surface area contributed by atoms with Crippen LogP contribution < -0.4 is 5.32 Å². The second-order valence-corrected chi connectivity index (χ2v) is 4.16. The Morgan fingerprint density at radius 3 is 2.86 bits per heavy atom. The van der Waals surface area contributed by atoms with Gasteiger partial charge in [-0.3, -0.25) is 0 Å². The van der Waals surface area contributed by atoms with Crippen molar-refractivity contribution in [1.29, 1.82) is 0 Å². The van der Waals surface area contributed by atoms with E-state index in [-0.39, 0.29) is 5.82 Å². The molecule has 1 aliphatic rings. The van der Waals surface area contributed by atoms with Crippen LogP contribution in [0.3, 0.4) is 0 Å². The van der Waals surface area contributed by atoms with E-state index in [1.165, 1.54) is 18.4 Å². The fourth-order valence-corrected chi connectivity index (χ4v) is 1.56. The third-order valence-corrected chi connectivity index (χ3v) is 2.68. The molecule has 0 bridgehead atoms. The van der Waals surface area contributed by atoms with Gasteiger partial charge in [0.25, 0.3) is 0 Å². The quantitative estimate of drug-likeness (QED) is 0.775. The molecule has 0 amide bonds. The maximum absolute atomic E-state index is 12.9. The lowest BCUT2D eigenvalue weighted by atomic mass is 10.1. The minimum atomic E-state index is -0.115. The van der Waals surface area contributed by atoms with Crippen molar-refractivity contribution in [2.24, 2.45) is 5.92 Å². The molecule has 1 aromatic carbocycles. The predicted molar refractivity (Wildman–Crippen MR) is 55.6 cm³/mol. The van der Waals surface area contributed by atoms with E-state index in [1.54, 1.807) is 13.0 Å². The maximum Gasteiger partial charge on any atom is 0.126 e. The van der Waals surface area contributed by atoms with Crippen LogP contribution in [0.1, 0.15) is 24.0 Å². The highest BCUT2D eigenvalue weighted by Crippen LogP contribution is 2.27. The SMILES string of the molecule is Cc1cc(CNCC2CC2)ccc1F. The number of halogens is 1. The summed E-state index contributed by atoms with van der Waals surface area (Å²) in [6, 6.07) is 5.31.